The Kier molecular flexibility index (Phi) is 4.41. The molecule has 2 nitrogen and oxygen atoms in total. The standard InChI is InChI=1S/C9H10BrClO2S/c10-8-4-1-2-5-9(8)14(12,13)7-3-6-11/h1-2,4-5H,3,6-7H2. The molecule has 0 aliphatic heterocycles. The van der Waals surface area contributed by atoms with Crippen LogP contribution in [0.4, 0.5) is 0 Å². The summed E-state index contributed by atoms with van der Waals surface area (Å²) in [5.74, 6) is 0.461. The zero-order valence-corrected chi connectivity index (χ0v) is 10.6. The van der Waals surface area contributed by atoms with Crippen molar-refractivity contribution in [2.45, 2.75) is 11.3 Å². The molecule has 0 radical (unpaired) electrons. The minimum atomic E-state index is -3.18. The minimum absolute atomic E-state index is 0.0963. The lowest BCUT2D eigenvalue weighted by molar-refractivity contribution is 0.594. The van der Waals surface area contributed by atoms with Gasteiger partial charge in [0.25, 0.3) is 0 Å². The van der Waals surface area contributed by atoms with Gasteiger partial charge in [0.2, 0.25) is 0 Å². The summed E-state index contributed by atoms with van der Waals surface area (Å²) in [4.78, 5) is 0.338. The lowest BCUT2D eigenvalue weighted by Crippen LogP contribution is -2.07. The van der Waals surface area contributed by atoms with E-state index in [4.69, 9.17) is 11.6 Å². The van der Waals surface area contributed by atoms with E-state index in [1.807, 2.05) is 0 Å². The quantitative estimate of drug-likeness (QED) is 0.801. The summed E-state index contributed by atoms with van der Waals surface area (Å²) >= 11 is 8.67. The maximum absolute atomic E-state index is 11.7. The highest BCUT2D eigenvalue weighted by molar-refractivity contribution is 9.10. The van der Waals surface area contributed by atoms with Crippen LogP contribution in [0.2, 0.25) is 0 Å². The molecule has 14 heavy (non-hydrogen) atoms. The molecule has 0 heterocycles. The van der Waals surface area contributed by atoms with Gasteiger partial charge in [0.05, 0.1) is 10.6 Å². The monoisotopic (exact) mass is 296 g/mol. The summed E-state index contributed by atoms with van der Waals surface area (Å²) in [7, 11) is -3.18. The van der Waals surface area contributed by atoms with Gasteiger partial charge >= 0.3 is 0 Å². The van der Waals surface area contributed by atoms with E-state index in [-0.39, 0.29) is 5.75 Å². The SMILES string of the molecule is O=S(=O)(CCCCl)c1ccccc1Br. The van der Waals surface area contributed by atoms with Gasteiger partial charge in [-0.2, -0.15) is 0 Å². The van der Waals surface area contributed by atoms with Crippen LogP contribution < -0.4 is 0 Å². The average molecular weight is 298 g/mol. The van der Waals surface area contributed by atoms with E-state index in [1.165, 1.54) is 0 Å². The van der Waals surface area contributed by atoms with E-state index < -0.39 is 9.84 Å². The smallest absolute Gasteiger partial charge is 0.179 e. The summed E-state index contributed by atoms with van der Waals surface area (Å²) in [6.07, 6.45) is 0.477. The highest BCUT2D eigenvalue weighted by Crippen LogP contribution is 2.22. The number of sulfone groups is 1. The number of hydrogen-bond donors (Lipinski definition) is 0. The lowest BCUT2D eigenvalue weighted by Gasteiger charge is -2.04. The Morgan fingerprint density at radius 3 is 2.50 bits per heavy atom. The maximum atomic E-state index is 11.7. The van der Waals surface area contributed by atoms with Crippen LogP contribution in [0, 0.1) is 0 Å². The van der Waals surface area contributed by atoms with Crippen LogP contribution in [0.1, 0.15) is 6.42 Å². The number of rotatable bonds is 4. The summed E-state index contributed by atoms with van der Waals surface area (Å²) < 4.78 is 24.1. The van der Waals surface area contributed by atoms with Gasteiger partial charge in [0.15, 0.2) is 9.84 Å². The molecule has 0 aromatic heterocycles. The first-order valence-corrected chi connectivity index (χ1v) is 7.09. The first kappa shape index (κ1) is 12.0. The predicted octanol–water partition coefficient (Wildman–Crippen LogP) is 2.85. The van der Waals surface area contributed by atoms with Crippen LogP contribution in [0.3, 0.4) is 0 Å². The van der Waals surface area contributed by atoms with Crippen molar-refractivity contribution in [1.82, 2.24) is 0 Å². The number of benzene rings is 1. The topological polar surface area (TPSA) is 34.1 Å². The molecule has 5 heteroatoms. The molecular formula is C9H10BrClO2S. The minimum Gasteiger partial charge on any atom is -0.224 e. The first-order valence-electron chi connectivity index (χ1n) is 4.11. The highest BCUT2D eigenvalue weighted by atomic mass is 79.9. The number of alkyl halides is 1. The summed E-state index contributed by atoms with van der Waals surface area (Å²) in [6.45, 7) is 0. The van der Waals surface area contributed by atoms with E-state index in [2.05, 4.69) is 15.9 Å². The molecule has 0 atom stereocenters. The van der Waals surface area contributed by atoms with Crippen molar-refractivity contribution in [3.05, 3.63) is 28.7 Å². The fourth-order valence-corrected chi connectivity index (χ4v) is 3.76. The van der Waals surface area contributed by atoms with Gasteiger partial charge in [-0.05, 0) is 34.5 Å². The maximum Gasteiger partial charge on any atom is 0.179 e. The molecular weight excluding hydrogens is 288 g/mol. The molecule has 0 spiro atoms. The normalized spacial score (nSPS) is 11.6. The van der Waals surface area contributed by atoms with Gasteiger partial charge in [-0.15, -0.1) is 11.6 Å². The molecule has 78 valence electrons. The Labute approximate surface area is 97.3 Å². The van der Waals surface area contributed by atoms with Crippen LogP contribution in [-0.4, -0.2) is 20.1 Å². The van der Waals surface area contributed by atoms with E-state index in [0.717, 1.165) is 0 Å². The molecule has 0 aliphatic rings. The molecule has 0 fully saturated rings. The molecule has 0 amide bonds. The fourth-order valence-electron chi connectivity index (χ4n) is 1.05. The Bertz CT molecular complexity index is 403. The summed E-state index contributed by atoms with van der Waals surface area (Å²) in [5, 5.41) is 0. The number of halogens is 2. The lowest BCUT2D eigenvalue weighted by atomic mass is 10.4. The molecule has 1 rings (SSSR count). The molecule has 1 aromatic rings. The van der Waals surface area contributed by atoms with Gasteiger partial charge in [0, 0.05) is 10.4 Å². The van der Waals surface area contributed by atoms with Crippen LogP contribution in [0.25, 0.3) is 0 Å². The van der Waals surface area contributed by atoms with E-state index in [9.17, 15) is 8.42 Å². The fraction of sp³-hybridized carbons (Fsp3) is 0.333. The Morgan fingerprint density at radius 2 is 1.93 bits per heavy atom. The zero-order valence-electron chi connectivity index (χ0n) is 7.41. The van der Waals surface area contributed by atoms with E-state index in [0.29, 0.717) is 21.7 Å². The molecule has 0 saturated carbocycles. The second-order valence-corrected chi connectivity index (χ2v) is 6.10. The largest absolute Gasteiger partial charge is 0.224 e. The molecule has 0 saturated heterocycles. The van der Waals surface area contributed by atoms with Crippen LogP contribution >= 0.6 is 27.5 Å². The van der Waals surface area contributed by atoms with Crippen molar-refractivity contribution >= 4 is 37.4 Å². The molecule has 0 N–H and O–H groups in total. The van der Waals surface area contributed by atoms with Crippen LogP contribution in [0.15, 0.2) is 33.6 Å². The third-order valence-electron chi connectivity index (χ3n) is 1.72. The van der Waals surface area contributed by atoms with E-state index >= 15 is 0 Å². The second-order valence-electron chi connectivity index (χ2n) is 2.79. The van der Waals surface area contributed by atoms with Gasteiger partial charge in [-0.1, -0.05) is 12.1 Å². The van der Waals surface area contributed by atoms with Crippen molar-refractivity contribution in [2.75, 3.05) is 11.6 Å². The predicted molar refractivity (Wildman–Crippen MR) is 61.5 cm³/mol. The summed E-state index contributed by atoms with van der Waals surface area (Å²) in [6, 6.07) is 6.80. The van der Waals surface area contributed by atoms with Gasteiger partial charge in [0.1, 0.15) is 0 Å². The second kappa shape index (κ2) is 5.14. The van der Waals surface area contributed by atoms with Crippen molar-refractivity contribution in [1.29, 1.82) is 0 Å². The molecule has 0 bridgehead atoms. The van der Waals surface area contributed by atoms with Crippen LogP contribution in [-0.2, 0) is 9.84 Å². The molecule has 1 aromatic carbocycles. The van der Waals surface area contributed by atoms with Crippen molar-refractivity contribution in [3.8, 4) is 0 Å². The molecule has 0 aliphatic carbocycles. The first-order chi connectivity index (χ1) is 6.58. The van der Waals surface area contributed by atoms with Gasteiger partial charge in [-0.25, -0.2) is 8.42 Å². The Morgan fingerprint density at radius 1 is 1.29 bits per heavy atom. The Hall–Kier alpha value is -0.0600. The van der Waals surface area contributed by atoms with Crippen LogP contribution in [0.5, 0.6) is 0 Å². The highest BCUT2D eigenvalue weighted by Gasteiger charge is 2.16. The zero-order chi connectivity index (χ0) is 10.6. The van der Waals surface area contributed by atoms with Crippen molar-refractivity contribution in [2.24, 2.45) is 0 Å². The van der Waals surface area contributed by atoms with Crippen molar-refractivity contribution < 1.29 is 8.42 Å². The van der Waals surface area contributed by atoms with Gasteiger partial charge < -0.3 is 0 Å². The number of hydrogen-bond acceptors (Lipinski definition) is 2. The van der Waals surface area contributed by atoms with Crippen molar-refractivity contribution in [3.63, 3.8) is 0 Å². The van der Waals surface area contributed by atoms with Gasteiger partial charge in [-0.3, -0.25) is 0 Å². The Balaban J connectivity index is 2.99. The molecule has 0 unspecified atom stereocenters. The average Bonchev–Trinajstić information content (AvgIpc) is 2.15. The summed E-state index contributed by atoms with van der Waals surface area (Å²) in [5.41, 5.74) is 0. The third kappa shape index (κ3) is 2.97. The third-order valence-corrected chi connectivity index (χ3v) is 4.79. The van der Waals surface area contributed by atoms with E-state index in [1.54, 1.807) is 24.3 Å².